The maximum atomic E-state index is 14.0. The highest BCUT2D eigenvalue weighted by molar-refractivity contribution is 7.07. The first-order valence-corrected chi connectivity index (χ1v) is 9.58. The van der Waals surface area contributed by atoms with E-state index >= 15 is 0 Å². The number of halogens is 1. The molecule has 0 fully saturated rings. The van der Waals surface area contributed by atoms with Crippen molar-refractivity contribution in [2.45, 2.75) is 19.9 Å². The molecular weight excluding hydrogens is 365 g/mol. The third kappa shape index (κ3) is 3.50. The van der Waals surface area contributed by atoms with E-state index in [9.17, 15) is 9.18 Å². The van der Waals surface area contributed by atoms with E-state index in [4.69, 9.17) is 4.74 Å². The number of aromatic nitrogens is 1. The van der Waals surface area contributed by atoms with Gasteiger partial charge in [0.15, 0.2) is 11.4 Å². The normalized spacial score (nSPS) is 13.9. The summed E-state index contributed by atoms with van der Waals surface area (Å²) >= 11 is 1.46. The minimum atomic E-state index is -0.343. The van der Waals surface area contributed by atoms with E-state index < -0.39 is 0 Å². The van der Waals surface area contributed by atoms with Crippen molar-refractivity contribution in [3.63, 3.8) is 0 Å². The number of benzene rings is 2. The quantitative estimate of drug-likeness (QED) is 0.729. The van der Waals surface area contributed by atoms with Gasteiger partial charge in [-0.1, -0.05) is 19.1 Å². The number of nitrogens with one attached hydrogen (secondary N) is 1. The lowest BCUT2D eigenvalue weighted by molar-refractivity contribution is -0.118. The average molecular weight is 383 g/mol. The van der Waals surface area contributed by atoms with Crippen molar-refractivity contribution in [3.8, 4) is 17.0 Å². The van der Waals surface area contributed by atoms with Crippen LogP contribution in [0, 0.1) is 5.82 Å². The van der Waals surface area contributed by atoms with Crippen molar-refractivity contribution in [3.05, 3.63) is 58.5 Å². The second-order valence-electron chi connectivity index (χ2n) is 6.17. The van der Waals surface area contributed by atoms with E-state index in [0.717, 1.165) is 29.0 Å². The molecule has 0 unspecified atom stereocenters. The summed E-state index contributed by atoms with van der Waals surface area (Å²) in [6, 6.07) is 12.2. The molecule has 0 spiro atoms. The van der Waals surface area contributed by atoms with Crippen LogP contribution in [0.3, 0.4) is 0 Å². The Labute approximate surface area is 159 Å². The van der Waals surface area contributed by atoms with Crippen LogP contribution in [0.4, 0.5) is 15.8 Å². The molecule has 1 aliphatic heterocycles. The molecule has 3 aromatic rings. The Balaban J connectivity index is 1.81. The summed E-state index contributed by atoms with van der Waals surface area (Å²) in [6.07, 6.45) is 0.916. The Morgan fingerprint density at radius 2 is 2.15 bits per heavy atom. The van der Waals surface area contributed by atoms with Crippen LogP contribution in [-0.4, -0.2) is 17.1 Å². The molecule has 1 amide bonds. The molecule has 0 saturated carbocycles. The molecule has 0 radical (unpaired) electrons. The van der Waals surface area contributed by atoms with Crippen molar-refractivity contribution in [2.75, 3.05) is 11.9 Å². The number of amides is 1. The summed E-state index contributed by atoms with van der Waals surface area (Å²) in [5, 5.41) is 4.84. The number of carbonyl (C=O) groups is 1. The molecule has 1 N–H and O–H groups in total. The van der Waals surface area contributed by atoms with Gasteiger partial charge in [-0.25, -0.2) is 9.38 Å². The van der Waals surface area contributed by atoms with Gasteiger partial charge < -0.3 is 14.6 Å². The van der Waals surface area contributed by atoms with Crippen LogP contribution in [0.15, 0.2) is 52.8 Å². The topological polar surface area (TPSA) is 55.6 Å². The number of hydrogen-bond acceptors (Lipinski definition) is 4. The first-order valence-electron chi connectivity index (χ1n) is 8.70. The zero-order chi connectivity index (χ0) is 18.8. The van der Waals surface area contributed by atoms with Gasteiger partial charge in [0.2, 0.25) is 0 Å². The molecule has 1 aromatic heterocycles. The van der Waals surface area contributed by atoms with Crippen molar-refractivity contribution in [1.82, 2.24) is 4.57 Å². The van der Waals surface area contributed by atoms with E-state index in [-0.39, 0.29) is 18.3 Å². The fraction of sp³-hybridized carbons (Fsp3) is 0.200. The fourth-order valence-corrected chi connectivity index (χ4v) is 3.93. The largest absolute Gasteiger partial charge is 0.482 e. The van der Waals surface area contributed by atoms with Crippen LogP contribution in [0.2, 0.25) is 0 Å². The van der Waals surface area contributed by atoms with Crippen LogP contribution in [0.25, 0.3) is 11.3 Å². The van der Waals surface area contributed by atoms with E-state index in [1.807, 2.05) is 23.6 Å². The third-order valence-electron chi connectivity index (χ3n) is 4.22. The van der Waals surface area contributed by atoms with Gasteiger partial charge in [0.05, 0.1) is 11.4 Å². The van der Waals surface area contributed by atoms with Crippen LogP contribution < -0.4 is 14.9 Å². The third-order valence-corrected chi connectivity index (χ3v) is 5.09. The van der Waals surface area contributed by atoms with Crippen molar-refractivity contribution in [2.24, 2.45) is 4.99 Å². The maximum Gasteiger partial charge on any atom is 0.262 e. The van der Waals surface area contributed by atoms with Gasteiger partial charge in [0, 0.05) is 17.5 Å². The molecule has 0 bridgehead atoms. The van der Waals surface area contributed by atoms with Gasteiger partial charge in [0.25, 0.3) is 5.91 Å². The van der Waals surface area contributed by atoms with Gasteiger partial charge in [0.1, 0.15) is 17.3 Å². The lowest BCUT2D eigenvalue weighted by Crippen LogP contribution is -2.25. The number of carbonyl (C=O) groups excluding carboxylic acids is 1. The first-order chi connectivity index (χ1) is 13.2. The van der Waals surface area contributed by atoms with Gasteiger partial charge in [-0.05, 0) is 36.8 Å². The van der Waals surface area contributed by atoms with Gasteiger partial charge in [-0.2, -0.15) is 0 Å². The molecule has 1 aliphatic rings. The zero-order valence-corrected chi connectivity index (χ0v) is 15.6. The number of nitrogens with zero attached hydrogens (tertiary/aromatic N) is 2. The molecule has 5 nitrogen and oxygen atoms in total. The summed E-state index contributed by atoms with van der Waals surface area (Å²) in [4.78, 5) is 16.8. The summed E-state index contributed by atoms with van der Waals surface area (Å²) < 4.78 is 21.5. The summed E-state index contributed by atoms with van der Waals surface area (Å²) in [7, 11) is 0. The first kappa shape index (κ1) is 17.5. The van der Waals surface area contributed by atoms with Crippen molar-refractivity contribution in [1.29, 1.82) is 0 Å². The zero-order valence-electron chi connectivity index (χ0n) is 14.7. The number of para-hydroxylation sites is 1. The van der Waals surface area contributed by atoms with E-state index in [0.29, 0.717) is 17.1 Å². The number of anilines is 1. The molecular formula is C20H18FN3O2S. The molecule has 2 aromatic carbocycles. The molecule has 4 rings (SSSR count). The second kappa shape index (κ2) is 7.36. The molecule has 0 saturated heterocycles. The average Bonchev–Trinajstić information content (AvgIpc) is 3.06. The minimum absolute atomic E-state index is 0.0340. The minimum Gasteiger partial charge on any atom is -0.482 e. The molecule has 2 heterocycles. The van der Waals surface area contributed by atoms with Crippen molar-refractivity contribution >= 4 is 28.6 Å². The highest BCUT2D eigenvalue weighted by atomic mass is 32.1. The second-order valence-corrected chi connectivity index (χ2v) is 7.00. The Morgan fingerprint density at radius 1 is 1.30 bits per heavy atom. The lowest BCUT2D eigenvalue weighted by Gasteiger charge is -2.18. The number of rotatable bonds is 4. The highest BCUT2D eigenvalue weighted by Crippen LogP contribution is 2.33. The van der Waals surface area contributed by atoms with Crippen LogP contribution in [0.1, 0.15) is 13.3 Å². The number of fused-ring (bicyclic) bond motifs is 1. The fourth-order valence-electron chi connectivity index (χ4n) is 2.98. The summed E-state index contributed by atoms with van der Waals surface area (Å²) in [5.74, 6) is 0.151. The lowest BCUT2D eigenvalue weighted by atomic mass is 10.1. The Hall–Kier alpha value is -2.93. The van der Waals surface area contributed by atoms with Crippen LogP contribution in [0.5, 0.6) is 5.75 Å². The molecule has 27 heavy (non-hydrogen) atoms. The summed E-state index contributed by atoms with van der Waals surface area (Å²) in [5.41, 5.74) is 2.89. The number of hydrogen-bond donors (Lipinski definition) is 1. The Morgan fingerprint density at radius 3 is 2.96 bits per heavy atom. The Kier molecular flexibility index (Phi) is 4.77. The monoisotopic (exact) mass is 383 g/mol. The number of ether oxygens (including phenoxy) is 1. The SMILES string of the molecule is CCCn1c(-c2ccc3c(c2)NC(=O)CO3)csc1=Nc1ccccc1F. The van der Waals surface area contributed by atoms with Crippen molar-refractivity contribution < 1.29 is 13.9 Å². The standard InChI is InChI=1S/C20H18FN3O2S/c1-2-9-24-17(12-27-20(24)23-15-6-4-3-5-14(15)21)13-7-8-18-16(10-13)22-19(25)11-26-18/h3-8,10,12H,2,9,11H2,1H3,(H,22,25). The van der Waals surface area contributed by atoms with Crippen LogP contribution in [-0.2, 0) is 11.3 Å². The molecule has 0 atom stereocenters. The molecule has 7 heteroatoms. The predicted octanol–water partition coefficient (Wildman–Crippen LogP) is 4.33. The van der Waals surface area contributed by atoms with E-state index in [1.165, 1.54) is 17.4 Å². The van der Waals surface area contributed by atoms with Gasteiger partial charge >= 0.3 is 0 Å². The molecule has 138 valence electrons. The molecule has 0 aliphatic carbocycles. The Bertz CT molecular complexity index is 1070. The smallest absolute Gasteiger partial charge is 0.262 e. The maximum absolute atomic E-state index is 14.0. The van der Waals surface area contributed by atoms with Gasteiger partial charge in [-0.3, -0.25) is 4.79 Å². The highest BCUT2D eigenvalue weighted by Gasteiger charge is 2.17. The van der Waals surface area contributed by atoms with Gasteiger partial charge in [-0.15, -0.1) is 11.3 Å². The number of thiazole rings is 1. The predicted molar refractivity (Wildman–Crippen MR) is 104 cm³/mol. The van der Waals surface area contributed by atoms with E-state index in [1.54, 1.807) is 18.2 Å². The van der Waals surface area contributed by atoms with E-state index in [2.05, 4.69) is 21.8 Å². The van der Waals surface area contributed by atoms with Crippen LogP contribution >= 0.6 is 11.3 Å². The summed E-state index contributed by atoms with van der Waals surface area (Å²) in [6.45, 7) is 2.88.